The molecule has 0 bridgehead atoms. The Morgan fingerprint density at radius 1 is 1.15 bits per heavy atom. The molecule has 0 aliphatic rings. The van der Waals surface area contributed by atoms with Crippen LogP contribution in [0.5, 0.6) is 5.75 Å². The lowest BCUT2D eigenvalue weighted by atomic mass is 10.2. The first-order valence-corrected chi connectivity index (χ1v) is 9.14. The van der Waals surface area contributed by atoms with E-state index in [9.17, 15) is 9.18 Å². The van der Waals surface area contributed by atoms with Gasteiger partial charge in [-0.2, -0.15) is 0 Å². The summed E-state index contributed by atoms with van der Waals surface area (Å²) < 4.78 is 22.9. The number of hydrogen-bond acceptors (Lipinski definition) is 6. The van der Waals surface area contributed by atoms with Gasteiger partial charge in [-0.05, 0) is 48.5 Å². The fourth-order valence-corrected chi connectivity index (χ4v) is 3.25. The molecule has 0 saturated carbocycles. The number of ether oxygens (including phenoxy) is 2. The number of halogens is 1. The zero-order valence-corrected chi connectivity index (χ0v) is 15.8. The van der Waals surface area contributed by atoms with Crippen LogP contribution in [0.25, 0.3) is 10.6 Å². The average molecular weight is 386 g/mol. The van der Waals surface area contributed by atoms with E-state index >= 15 is 0 Å². The molecule has 1 heterocycles. The third kappa shape index (κ3) is 5.04. The molecule has 0 fully saturated rings. The summed E-state index contributed by atoms with van der Waals surface area (Å²) in [6, 6.07) is 13.8. The summed E-state index contributed by atoms with van der Waals surface area (Å²) in [6.07, 6.45) is 0. The van der Waals surface area contributed by atoms with Gasteiger partial charge in [0, 0.05) is 23.7 Å². The van der Waals surface area contributed by atoms with Crippen molar-refractivity contribution in [3.05, 3.63) is 65.4 Å². The lowest BCUT2D eigenvalue weighted by Gasteiger charge is -2.18. The Bertz CT molecular complexity index is 894. The summed E-state index contributed by atoms with van der Waals surface area (Å²) in [6.45, 7) is 0.525. The SMILES string of the molecule is COC(=O)COc1ccc(N(C)Cc2csc(-c3ccc(F)cc3)n2)cc1. The largest absolute Gasteiger partial charge is 0.482 e. The molecule has 5 nitrogen and oxygen atoms in total. The molecule has 7 heteroatoms. The first-order chi connectivity index (χ1) is 13.0. The van der Waals surface area contributed by atoms with E-state index in [0.717, 1.165) is 22.0 Å². The van der Waals surface area contributed by atoms with Gasteiger partial charge in [0.15, 0.2) is 6.61 Å². The van der Waals surface area contributed by atoms with E-state index in [2.05, 4.69) is 14.6 Å². The number of methoxy groups -OCH3 is 1. The summed E-state index contributed by atoms with van der Waals surface area (Å²) in [7, 11) is 3.30. The van der Waals surface area contributed by atoms with Crippen molar-refractivity contribution in [2.45, 2.75) is 6.54 Å². The van der Waals surface area contributed by atoms with Crippen molar-refractivity contribution >= 4 is 23.0 Å². The van der Waals surface area contributed by atoms with Gasteiger partial charge in [0.1, 0.15) is 16.6 Å². The van der Waals surface area contributed by atoms with Gasteiger partial charge in [-0.25, -0.2) is 14.2 Å². The van der Waals surface area contributed by atoms with E-state index in [4.69, 9.17) is 4.74 Å². The Morgan fingerprint density at radius 2 is 1.85 bits per heavy atom. The highest BCUT2D eigenvalue weighted by Gasteiger charge is 2.09. The van der Waals surface area contributed by atoms with Crippen LogP contribution in [0.3, 0.4) is 0 Å². The predicted molar refractivity (Wildman–Crippen MR) is 104 cm³/mol. The molecule has 3 rings (SSSR count). The van der Waals surface area contributed by atoms with E-state index in [1.54, 1.807) is 24.3 Å². The zero-order valence-electron chi connectivity index (χ0n) is 15.0. The predicted octanol–water partition coefficient (Wildman–Crippen LogP) is 4.14. The molecule has 0 N–H and O–H groups in total. The number of esters is 1. The van der Waals surface area contributed by atoms with Crippen LogP contribution in [0, 0.1) is 5.82 Å². The number of carbonyl (C=O) groups excluding carboxylic acids is 1. The van der Waals surface area contributed by atoms with Crippen LogP contribution in [0.2, 0.25) is 0 Å². The summed E-state index contributed by atoms with van der Waals surface area (Å²) in [5.74, 6) is -0.0734. The van der Waals surface area contributed by atoms with Crippen LogP contribution in [-0.4, -0.2) is 31.7 Å². The normalized spacial score (nSPS) is 10.5. The smallest absolute Gasteiger partial charge is 0.343 e. The van der Waals surface area contributed by atoms with Gasteiger partial charge in [-0.1, -0.05) is 0 Å². The van der Waals surface area contributed by atoms with Gasteiger partial charge >= 0.3 is 5.97 Å². The maximum absolute atomic E-state index is 13.0. The summed E-state index contributed by atoms with van der Waals surface area (Å²) in [5.41, 5.74) is 2.84. The number of rotatable bonds is 7. The van der Waals surface area contributed by atoms with E-state index in [0.29, 0.717) is 12.3 Å². The van der Waals surface area contributed by atoms with Gasteiger partial charge in [-0.15, -0.1) is 11.3 Å². The minimum Gasteiger partial charge on any atom is -0.482 e. The van der Waals surface area contributed by atoms with E-state index < -0.39 is 5.97 Å². The lowest BCUT2D eigenvalue weighted by Crippen LogP contribution is -2.16. The maximum atomic E-state index is 13.0. The van der Waals surface area contributed by atoms with Gasteiger partial charge in [0.25, 0.3) is 0 Å². The fourth-order valence-electron chi connectivity index (χ4n) is 2.44. The highest BCUT2D eigenvalue weighted by molar-refractivity contribution is 7.13. The monoisotopic (exact) mass is 386 g/mol. The van der Waals surface area contributed by atoms with Crippen molar-refractivity contribution in [1.82, 2.24) is 4.98 Å². The molecule has 0 amide bonds. The molecule has 3 aromatic rings. The molecule has 0 aliphatic carbocycles. The molecular formula is C20H19FN2O3S. The van der Waals surface area contributed by atoms with Crippen LogP contribution in [0.15, 0.2) is 53.9 Å². The molecular weight excluding hydrogens is 367 g/mol. The first kappa shape index (κ1) is 18.8. The van der Waals surface area contributed by atoms with E-state index in [1.807, 2.05) is 24.6 Å². The van der Waals surface area contributed by atoms with Crippen molar-refractivity contribution in [2.24, 2.45) is 0 Å². The molecule has 27 heavy (non-hydrogen) atoms. The molecule has 1 aromatic heterocycles. The van der Waals surface area contributed by atoms with E-state index in [1.165, 1.54) is 30.6 Å². The minimum absolute atomic E-state index is 0.114. The van der Waals surface area contributed by atoms with Crippen molar-refractivity contribution in [3.8, 4) is 16.3 Å². The Balaban J connectivity index is 1.61. The highest BCUT2D eigenvalue weighted by atomic mass is 32.1. The van der Waals surface area contributed by atoms with Gasteiger partial charge in [0.05, 0.1) is 19.3 Å². The number of aromatic nitrogens is 1. The molecule has 0 saturated heterocycles. The fraction of sp³-hybridized carbons (Fsp3) is 0.200. The summed E-state index contributed by atoms with van der Waals surface area (Å²) in [5, 5.41) is 2.87. The Hall–Kier alpha value is -2.93. The first-order valence-electron chi connectivity index (χ1n) is 8.26. The number of anilines is 1. The number of carbonyl (C=O) groups is 1. The average Bonchev–Trinajstić information content (AvgIpc) is 3.15. The standard InChI is InChI=1S/C20H19FN2O3S/c1-23(17-7-9-18(10-8-17)26-12-19(24)25-2)11-16-13-27-20(22-16)14-3-5-15(21)6-4-14/h3-10,13H,11-12H2,1-2H3. The van der Waals surface area contributed by atoms with Crippen molar-refractivity contribution in [2.75, 3.05) is 25.7 Å². The zero-order chi connectivity index (χ0) is 19.2. The van der Waals surface area contributed by atoms with Crippen LogP contribution in [0.1, 0.15) is 5.69 Å². The van der Waals surface area contributed by atoms with Crippen molar-refractivity contribution in [3.63, 3.8) is 0 Å². The van der Waals surface area contributed by atoms with Crippen LogP contribution >= 0.6 is 11.3 Å². The molecule has 0 atom stereocenters. The third-order valence-corrected chi connectivity index (χ3v) is 4.84. The Labute approximate surface area is 161 Å². The minimum atomic E-state index is -0.420. The number of thiazole rings is 1. The summed E-state index contributed by atoms with van der Waals surface area (Å²) >= 11 is 1.54. The second-order valence-electron chi connectivity index (χ2n) is 5.87. The van der Waals surface area contributed by atoms with Crippen molar-refractivity contribution in [1.29, 1.82) is 0 Å². The molecule has 0 radical (unpaired) electrons. The second kappa shape index (κ2) is 8.64. The van der Waals surface area contributed by atoms with Crippen LogP contribution in [0.4, 0.5) is 10.1 Å². The molecule has 0 unspecified atom stereocenters. The molecule has 0 aliphatic heterocycles. The summed E-state index contributed by atoms with van der Waals surface area (Å²) in [4.78, 5) is 17.8. The number of benzene rings is 2. The maximum Gasteiger partial charge on any atom is 0.343 e. The Kier molecular flexibility index (Phi) is 6.03. The quantitative estimate of drug-likeness (QED) is 0.571. The lowest BCUT2D eigenvalue weighted by molar-refractivity contribution is -0.142. The van der Waals surface area contributed by atoms with Crippen LogP contribution < -0.4 is 9.64 Å². The third-order valence-electron chi connectivity index (χ3n) is 3.90. The van der Waals surface area contributed by atoms with Gasteiger partial charge in [-0.3, -0.25) is 0 Å². The topological polar surface area (TPSA) is 51.7 Å². The number of hydrogen-bond donors (Lipinski definition) is 0. The number of nitrogens with zero attached hydrogens (tertiary/aromatic N) is 2. The van der Waals surface area contributed by atoms with Gasteiger partial charge < -0.3 is 14.4 Å². The van der Waals surface area contributed by atoms with Crippen molar-refractivity contribution < 1.29 is 18.7 Å². The molecule has 2 aromatic carbocycles. The van der Waals surface area contributed by atoms with E-state index in [-0.39, 0.29) is 12.4 Å². The van der Waals surface area contributed by atoms with Gasteiger partial charge in [0.2, 0.25) is 0 Å². The van der Waals surface area contributed by atoms with Crippen LogP contribution in [-0.2, 0) is 16.1 Å². The second-order valence-corrected chi connectivity index (χ2v) is 6.72. The highest BCUT2D eigenvalue weighted by Crippen LogP contribution is 2.26. The molecule has 140 valence electrons. The Morgan fingerprint density at radius 3 is 2.52 bits per heavy atom. The molecule has 0 spiro atoms.